The van der Waals surface area contributed by atoms with Gasteiger partial charge in [-0.1, -0.05) is 23.1 Å². The number of hydrogen-bond donors (Lipinski definition) is 9. The molecule has 1 saturated heterocycles. The molecule has 0 saturated carbocycles. The van der Waals surface area contributed by atoms with Gasteiger partial charge >= 0.3 is 11.7 Å². The first-order valence-corrected chi connectivity index (χ1v) is 18.2. The summed E-state index contributed by atoms with van der Waals surface area (Å²) in [6.07, 6.45) is -2.00. The number of anilines is 1. The number of unbranched alkanes of at least 4 members (excludes halogenated alkanes) is 1. The highest BCUT2D eigenvalue weighted by Crippen LogP contribution is 2.42. The Balaban J connectivity index is 0.943. The zero-order valence-electron chi connectivity index (χ0n) is 30.7. The van der Waals surface area contributed by atoms with Crippen molar-refractivity contribution in [1.29, 1.82) is 0 Å². The molecular weight excluding hydrogens is 793 g/mol. The summed E-state index contributed by atoms with van der Waals surface area (Å²) >= 11 is 5.39. The van der Waals surface area contributed by atoms with Gasteiger partial charge in [-0.2, -0.15) is 0 Å². The van der Waals surface area contributed by atoms with Gasteiger partial charge in [-0.25, -0.2) is 9.59 Å². The number of rotatable bonds is 13. The number of oxime groups is 1. The van der Waals surface area contributed by atoms with Crippen LogP contribution >= 0.6 is 12.2 Å². The quantitative estimate of drug-likeness (QED) is 0.0197. The molecule has 4 atom stereocenters. The predicted octanol–water partition coefficient (Wildman–Crippen LogP) is 0.667. The molecule has 19 nitrogen and oxygen atoms in total. The molecule has 2 aromatic carbocycles. The molecule has 0 radical (unpaired) electrons. The third-order valence-corrected chi connectivity index (χ3v) is 9.20. The van der Waals surface area contributed by atoms with Gasteiger partial charge in [0.1, 0.15) is 41.0 Å². The molecule has 9 N–H and O–H groups in total. The number of carbonyl (C=O) groups is 2. The second-order valence-corrected chi connectivity index (χ2v) is 13.4. The second-order valence-electron chi connectivity index (χ2n) is 13.0. The number of fused-ring (bicyclic) bond motifs is 2. The number of carboxylic acids is 1. The average Bonchev–Trinajstić information content (AvgIpc) is 3.49. The molecule has 2 aliphatic heterocycles. The van der Waals surface area contributed by atoms with Crippen LogP contribution in [0.15, 0.2) is 84.8 Å². The van der Waals surface area contributed by atoms with Crippen molar-refractivity contribution in [3.63, 3.8) is 0 Å². The van der Waals surface area contributed by atoms with Gasteiger partial charge in [0.05, 0.1) is 18.7 Å². The lowest BCUT2D eigenvalue weighted by molar-refractivity contribution is -0.125. The van der Waals surface area contributed by atoms with Crippen molar-refractivity contribution in [1.82, 2.24) is 20.2 Å². The number of thiocarbonyl (C=S) groups is 1. The van der Waals surface area contributed by atoms with Gasteiger partial charge in [-0.15, -0.1) is 0 Å². The van der Waals surface area contributed by atoms with E-state index in [4.69, 9.17) is 26.2 Å². The van der Waals surface area contributed by atoms with Gasteiger partial charge < -0.3 is 55.5 Å². The molecule has 306 valence electrons. The molecule has 20 heteroatoms. The van der Waals surface area contributed by atoms with Gasteiger partial charge in [0.2, 0.25) is 0 Å². The molecule has 0 bridgehead atoms. The monoisotopic (exact) mass is 828 g/mol. The smallest absolute Gasteiger partial charge is 0.336 e. The van der Waals surface area contributed by atoms with Gasteiger partial charge in [0, 0.05) is 53.3 Å². The van der Waals surface area contributed by atoms with Crippen molar-refractivity contribution in [3.05, 3.63) is 103 Å². The molecule has 3 aliphatic rings. The number of nitrogens with one attached hydrogen (secondary N) is 4. The van der Waals surface area contributed by atoms with Gasteiger partial charge in [-0.3, -0.25) is 23.9 Å². The summed E-state index contributed by atoms with van der Waals surface area (Å²) in [6, 6.07) is 13.4. The van der Waals surface area contributed by atoms with E-state index in [2.05, 4.69) is 32.9 Å². The first-order valence-electron chi connectivity index (χ1n) is 17.8. The van der Waals surface area contributed by atoms with E-state index in [1.165, 1.54) is 36.5 Å². The van der Waals surface area contributed by atoms with Crippen LogP contribution in [0.2, 0.25) is 0 Å². The van der Waals surface area contributed by atoms with E-state index in [9.17, 15) is 49.5 Å². The maximum Gasteiger partial charge on any atom is 0.336 e. The number of carbonyl (C=O) groups excluding carboxylic acids is 1. The van der Waals surface area contributed by atoms with Crippen molar-refractivity contribution in [3.8, 4) is 40.0 Å². The van der Waals surface area contributed by atoms with E-state index >= 15 is 0 Å². The Labute approximate surface area is 337 Å². The molecule has 3 aromatic rings. The molecule has 6 rings (SSSR count). The Morgan fingerprint density at radius 2 is 1.83 bits per heavy atom. The van der Waals surface area contributed by atoms with E-state index in [0.29, 0.717) is 47.2 Å². The molecule has 1 aromatic heterocycles. The molecule has 0 spiro atoms. The van der Waals surface area contributed by atoms with E-state index in [1.54, 1.807) is 24.3 Å². The Hall–Kier alpha value is -6.89. The number of hydrogen-bond acceptors (Lipinski definition) is 14. The van der Waals surface area contributed by atoms with Crippen molar-refractivity contribution < 1.29 is 49.1 Å². The first-order chi connectivity index (χ1) is 28.3. The van der Waals surface area contributed by atoms with Gasteiger partial charge in [-0.05, 0) is 67.0 Å². The molecule has 59 heavy (non-hydrogen) atoms. The third kappa shape index (κ3) is 9.81. The number of H-pyrrole nitrogens is 1. The van der Waals surface area contributed by atoms with Crippen LogP contribution in [0.5, 0.6) is 5.75 Å². The van der Waals surface area contributed by atoms with Crippen LogP contribution in [0.4, 0.5) is 5.69 Å². The largest absolute Gasteiger partial charge is 0.508 e. The zero-order valence-corrected chi connectivity index (χ0v) is 31.5. The van der Waals surface area contributed by atoms with Crippen LogP contribution in [0.25, 0.3) is 33.4 Å². The average molecular weight is 829 g/mol. The van der Waals surface area contributed by atoms with Gasteiger partial charge in [0.25, 0.3) is 11.5 Å². The summed E-state index contributed by atoms with van der Waals surface area (Å²) in [6.45, 7) is -0.796. The normalized spacial score (nSPS) is 17.4. The van der Waals surface area contributed by atoms with E-state index in [1.807, 2.05) is 4.98 Å². The van der Waals surface area contributed by atoms with Crippen LogP contribution in [0.3, 0.4) is 0 Å². The summed E-state index contributed by atoms with van der Waals surface area (Å²) < 4.78 is 12.0. The van der Waals surface area contributed by atoms with Crippen molar-refractivity contribution >= 4 is 52.1 Å². The van der Waals surface area contributed by atoms with Crippen LogP contribution < -0.4 is 32.6 Å². The molecular formula is C39H36N6O13S. The molecule has 1 fully saturated rings. The number of aromatic amines is 1. The van der Waals surface area contributed by atoms with E-state index in [-0.39, 0.29) is 45.3 Å². The van der Waals surface area contributed by atoms with Crippen LogP contribution in [0, 0.1) is 11.8 Å². The second kappa shape index (κ2) is 18.6. The minimum Gasteiger partial charge on any atom is -0.508 e. The maximum atomic E-state index is 12.5. The fourth-order valence-electron chi connectivity index (χ4n) is 6.14. The Morgan fingerprint density at radius 1 is 1.03 bits per heavy atom. The molecule has 1 aliphatic carbocycles. The van der Waals surface area contributed by atoms with Crippen molar-refractivity contribution in [2.24, 2.45) is 5.16 Å². The lowest BCUT2D eigenvalue weighted by Crippen LogP contribution is -2.38. The fraction of sp³-hybridized carbons (Fsp3) is 0.256. The Kier molecular flexibility index (Phi) is 13.1. The molecule has 3 heterocycles. The Morgan fingerprint density at radius 3 is 2.59 bits per heavy atom. The fourth-order valence-corrected chi connectivity index (χ4v) is 6.36. The number of amides is 1. The zero-order chi connectivity index (χ0) is 42.2. The van der Waals surface area contributed by atoms with E-state index in [0.717, 1.165) is 10.8 Å². The lowest BCUT2D eigenvalue weighted by atomic mass is 9.90. The summed E-state index contributed by atoms with van der Waals surface area (Å²) in [5.74, 6) is 3.48. The van der Waals surface area contributed by atoms with E-state index < -0.39 is 60.9 Å². The number of phenols is 1. The van der Waals surface area contributed by atoms with Crippen LogP contribution in [-0.2, 0) is 14.4 Å². The predicted molar refractivity (Wildman–Crippen MR) is 215 cm³/mol. The summed E-state index contributed by atoms with van der Waals surface area (Å²) in [5, 5.41) is 62.6. The minimum absolute atomic E-state index is 0.0426. The number of phenolic OH excluding ortho intramolecular Hbond substituents is 1. The number of nitrogens with zero attached hydrogens (tertiary/aromatic N) is 2. The first kappa shape index (κ1) is 41.7. The summed E-state index contributed by atoms with van der Waals surface area (Å²) in [5.41, 5.74) is -0.195. The van der Waals surface area contributed by atoms with Gasteiger partial charge in [0.15, 0.2) is 23.4 Å². The number of ether oxygens (including phenoxy) is 1. The number of benzene rings is 3. The number of carboxylic acid groups (broad SMARTS) is 1. The summed E-state index contributed by atoms with van der Waals surface area (Å²) in [7, 11) is 0. The highest BCUT2D eigenvalue weighted by Gasteiger charge is 2.43. The van der Waals surface area contributed by atoms with Crippen LogP contribution in [0.1, 0.15) is 35.0 Å². The molecule has 0 unspecified atom stereocenters. The number of aliphatic hydroxyl groups is 3. The van der Waals surface area contributed by atoms with Crippen LogP contribution in [-0.4, -0.2) is 103 Å². The third-order valence-electron chi connectivity index (χ3n) is 8.95. The number of aromatic carboxylic acids is 1. The summed E-state index contributed by atoms with van der Waals surface area (Å²) in [4.78, 5) is 68.2. The SMILES string of the molecule is O=C(CO/N=C/CCCNC(=S)Nc1ccc(-c2c3ccc(=O)cc-3oc3cc(O)ccc23)c(C(=O)O)c1)NCC#Cc1cn([C@@H]2O[C@H](CO)[C@@H](O)[C@H]2O)c(=O)[nH]c1=O. The number of aliphatic hydroxyl groups excluding tert-OH is 3. The topological polar surface area (TPSA) is 287 Å². The number of aromatic nitrogens is 2. The lowest BCUT2D eigenvalue weighted by Gasteiger charge is -2.18. The standard InChI is InChI=1S/C39H36N6O13S/c46-18-30-33(50)34(51)36(58-30)45-17-20(35(52)44-39(45)55)4-3-12-40-31(49)19-56-42-13-2-1-11-41-38(59)43-21-5-8-24(27(14-21)37(53)54)32-25-9-6-22(47)15-28(25)57-29-16-23(48)7-10-26(29)32/h5-10,13-17,30,33-34,36,46-47,50-51H,1-2,11-12,18-19H2,(H,40,49)(H,53,54)(H2,41,43,59)(H,44,52,55)/b42-13+/t30-,33-,34-,36-/m1/s1. The minimum atomic E-state index is -1.55. The Bertz CT molecular complexity index is 2650. The van der Waals surface area contributed by atoms with Crippen molar-refractivity contribution in [2.75, 3.05) is 31.6 Å². The van der Waals surface area contributed by atoms with Crippen molar-refractivity contribution in [2.45, 2.75) is 37.4 Å². The molecule has 1 amide bonds. The highest BCUT2D eigenvalue weighted by atomic mass is 32.1. The maximum absolute atomic E-state index is 12.5. The number of aromatic hydroxyl groups is 1. The highest BCUT2D eigenvalue weighted by molar-refractivity contribution is 7.80.